The van der Waals surface area contributed by atoms with E-state index in [2.05, 4.69) is 0 Å². The number of anilines is 1. The highest BCUT2D eigenvalue weighted by molar-refractivity contribution is 5.62. The molecule has 6 heteroatoms. The second-order valence-corrected chi connectivity index (χ2v) is 4.30. The Morgan fingerprint density at radius 2 is 1.71 bits per heavy atom. The van der Waals surface area contributed by atoms with Crippen LogP contribution in [0.15, 0.2) is 42.5 Å². The molecule has 110 valence electrons. The van der Waals surface area contributed by atoms with Crippen LogP contribution in [0.2, 0.25) is 0 Å². The molecule has 0 saturated heterocycles. The third-order valence-corrected chi connectivity index (χ3v) is 2.90. The van der Waals surface area contributed by atoms with Gasteiger partial charge in [-0.1, -0.05) is 12.1 Å². The minimum absolute atomic E-state index is 0.109. The van der Waals surface area contributed by atoms with E-state index in [1.807, 2.05) is 6.92 Å². The van der Waals surface area contributed by atoms with Crippen LogP contribution in [-0.4, -0.2) is 11.5 Å². The third-order valence-electron chi connectivity index (χ3n) is 2.90. The van der Waals surface area contributed by atoms with Crippen LogP contribution in [0.25, 0.3) is 0 Å². The first-order chi connectivity index (χ1) is 10.1. The first kappa shape index (κ1) is 14.6. The average molecular weight is 288 g/mol. The molecule has 0 amide bonds. The predicted molar refractivity (Wildman–Crippen MR) is 79.5 cm³/mol. The second-order valence-electron chi connectivity index (χ2n) is 4.30. The molecule has 2 rings (SSSR count). The Morgan fingerprint density at radius 3 is 2.29 bits per heavy atom. The van der Waals surface area contributed by atoms with Crippen molar-refractivity contribution in [2.24, 2.45) is 0 Å². The highest BCUT2D eigenvalue weighted by Crippen LogP contribution is 2.26. The molecule has 0 aliphatic heterocycles. The number of rotatable bonds is 6. The molecule has 0 radical (unpaired) electrons. The van der Waals surface area contributed by atoms with Gasteiger partial charge in [-0.05, 0) is 31.2 Å². The zero-order valence-electron chi connectivity index (χ0n) is 11.6. The standard InChI is InChI=1S/C15H16N2O4/c1-2-20-12-6-8-13(9-7-12)21-10-11-4-3-5-14(15(11)16)17(18)19/h3-9H,2,10,16H2,1H3. The van der Waals surface area contributed by atoms with Crippen molar-refractivity contribution >= 4 is 11.4 Å². The SMILES string of the molecule is CCOc1ccc(OCc2cccc([N+](=O)[O-])c2N)cc1. The number of hydrogen-bond acceptors (Lipinski definition) is 5. The molecule has 0 aliphatic carbocycles. The smallest absolute Gasteiger partial charge is 0.292 e. The lowest BCUT2D eigenvalue weighted by molar-refractivity contribution is -0.384. The molecule has 0 fully saturated rings. The van der Waals surface area contributed by atoms with E-state index in [0.717, 1.165) is 5.75 Å². The maximum Gasteiger partial charge on any atom is 0.292 e. The topological polar surface area (TPSA) is 87.6 Å². The van der Waals surface area contributed by atoms with Crippen molar-refractivity contribution in [1.29, 1.82) is 0 Å². The Balaban J connectivity index is 2.06. The van der Waals surface area contributed by atoms with Crippen LogP contribution in [0, 0.1) is 10.1 Å². The van der Waals surface area contributed by atoms with E-state index in [4.69, 9.17) is 15.2 Å². The van der Waals surface area contributed by atoms with E-state index >= 15 is 0 Å². The average Bonchev–Trinajstić information content (AvgIpc) is 2.48. The lowest BCUT2D eigenvalue weighted by atomic mass is 10.1. The molecule has 0 unspecified atom stereocenters. The van der Waals surface area contributed by atoms with Gasteiger partial charge in [0.25, 0.3) is 5.69 Å². The van der Waals surface area contributed by atoms with E-state index in [1.54, 1.807) is 36.4 Å². The van der Waals surface area contributed by atoms with Crippen molar-refractivity contribution in [2.45, 2.75) is 13.5 Å². The van der Waals surface area contributed by atoms with Crippen LogP contribution in [0.4, 0.5) is 11.4 Å². The Kier molecular flexibility index (Phi) is 4.61. The normalized spacial score (nSPS) is 10.1. The molecule has 0 atom stereocenters. The lowest BCUT2D eigenvalue weighted by Gasteiger charge is -2.09. The number of benzene rings is 2. The van der Waals surface area contributed by atoms with E-state index in [0.29, 0.717) is 17.9 Å². The van der Waals surface area contributed by atoms with Gasteiger partial charge in [-0.15, -0.1) is 0 Å². The minimum atomic E-state index is -0.504. The quantitative estimate of drug-likeness (QED) is 0.501. The Hall–Kier alpha value is -2.76. The number of nitrogens with two attached hydrogens (primary N) is 1. The molecule has 0 saturated carbocycles. The maximum atomic E-state index is 10.8. The zero-order chi connectivity index (χ0) is 15.2. The van der Waals surface area contributed by atoms with Crippen molar-refractivity contribution in [3.63, 3.8) is 0 Å². The summed E-state index contributed by atoms with van der Waals surface area (Å²) in [6, 6.07) is 11.8. The monoisotopic (exact) mass is 288 g/mol. The van der Waals surface area contributed by atoms with Gasteiger partial charge in [0.1, 0.15) is 23.8 Å². The molecule has 2 N–H and O–H groups in total. The van der Waals surface area contributed by atoms with Crippen LogP contribution in [-0.2, 0) is 6.61 Å². The van der Waals surface area contributed by atoms with Crippen LogP contribution in [0.1, 0.15) is 12.5 Å². The van der Waals surface area contributed by atoms with Crippen molar-refractivity contribution in [3.05, 3.63) is 58.1 Å². The summed E-state index contributed by atoms with van der Waals surface area (Å²) >= 11 is 0. The summed E-state index contributed by atoms with van der Waals surface area (Å²) < 4.78 is 10.9. The lowest BCUT2D eigenvalue weighted by Crippen LogP contribution is -2.03. The number of nitrogen functional groups attached to an aromatic ring is 1. The Morgan fingerprint density at radius 1 is 1.10 bits per heavy atom. The molecule has 0 heterocycles. The highest BCUT2D eigenvalue weighted by Gasteiger charge is 2.14. The van der Waals surface area contributed by atoms with Crippen molar-refractivity contribution in [3.8, 4) is 11.5 Å². The molecular formula is C15H16N2O4. The van der Waals surface area contributed by atoms with Crippen molar-refractivity contribution in [1.82, 2.24) is 0 Å². The van der Waals surface area contributed by atoms with E-state index in [-0.39, 0.29) is 18.0 Å². The minimum Gasteiger partial charge on any atom is -0.494 e. The highest BCUT2D eigenvalue weighted by atomic mass is 16.6. The summed E-state index contributed by atoms with van der Waals surface area (Å²) in [5, 5.41) is 10.8. The van der Waals surface area contributed by atoms with Crippen LogP contribution in [0.3, 0.4) is 0 Å². The van der Waals surface area contributed by atoms with E-state index < -0.39 is 4.92 Å². The van der Waals surface area contributed by atoms with Gasteiger partial charge < -0.3 is 15.2 Å². The third kappa shape index (κ3) is 3.62. The number of nitro groups is 1. The number of hydrogen-bond donors (Lipinski definition) is 1. The van der Waals surface area contributed by atoms with Gasteiger partial charge in [0, 0.05) is 11.6 Å². The number of nitro benzene ring substituents is 1. The van der Waals surface area contributed by atoms with Crippen LogP contribution >= 0.6 is 0 Å². The van der Waals surface area contributed by atoms with Gasteiger partial charge in [0.05, 0.1) is 11.5 Å². The molecular weight excluding hydrogens is 272 g/mol. The molecule has 21 heavy (non-hydrogen) atoms. The van der Waals surface area contributed by atoms with Crippen LogP contribution in [0.5, 0.6) is 11.5 Å². The first-order valence-corrected chi connectivity index (χ1v) is 6.49. The first-order valence-electron chi connectivity index (χ1n) is 6.49. The second kappa shape index (κ2) is 6.60. The van der Waals surface area contributed by atoms with Gasteiger partial charge >= 0.3 is 0 Å². The zero-order valence-corrected chi connectivity index (χ0v) is 11.6. The van der Waals surface area contributed by atoms with Gasteiger partial charge in [-0.3, -0.25) is 10.1 Å². The van der Waals surface area contributed by atoms with Gasteiger partial charge in [0.15, 0.2) is 0 Å². The van der Waals surface area contributed by atoms with Crippen molar-refractivity contribution < 1.29 is 14.4 Å². The molecule has 6 nitrogen and oxygen atoms in total. The Labute approximate surface area is 122 Å². The fourth-order valence-corrected chi connectivity index (χ4v) is 1.84. The molecule has 0 aromatic heterocycles. The van der Waals surface area contributed by atoms with Crippen LogP contribution < -0.4 is 15.2 Å². The maximum absolute atomic E-state index is 10.8. The van der Waals surface area contributed by atoms with E-state index in [1.165, 1.54) is 6.07 Å². The predicted octanol–water partition coefficient (Wildman–Crippen LogP) is 3.15. The summed E-state index contributed by atoms with van der Waals surface area (Å²) in [4.78, 5) is 10.3. The molecule has 0 aliphatic rings. The fraction of sp³-hybridized carbons (Fsp3) is 0.200. The summed E-state index contributed by atoms with van der Waals surface area (Å²) in [6.07, 6.45) is 0. The summed E-state index contributed by atoms with van der Waals surface area (Å²) in [6.45, 7) is 2.68. The fourth-order valence-electron chi connectivity index (χ4n) is 1.84. The largest absolute Gasteiger partial charge is 0.494 e. The molecule has 0 spiro atoms. The van der Waals surface area contributed by atoms with Crippen molar-refractivity contribution in [2.75, 3.05) is 12.3 Å². The molecule has 2 aromatic rings. The summed E-state index contributed by atoms with van der Waals surface area (Å²) in [7, 11) is 0. The van der Waals surface area contributed by atoms with Gasteiger partial charge in [-0.25, -0.2) is 0 Å². The molecule has 0 bridgehead atoms. The summed E-state index contributed by atoms with van der Waals surface area (Å²) in [5.41, 5.74) is 6.38. The van der Waals surface area contributed by atoms with Gasteiger partial charge in [0.2, 0.25) is 0 Å². The number of para-hydroxylation sites is 1. The number of nitrogens with zero attached hydrogens (tertiary/aromatic N) is 1. The molecule has 2 aromatic carbocycles. The van der Waals surface area contributed by atoms with Gasteiger partial charge in [-0.2, -0.15) is 0 Å². The number of ether oxygens (including phenoxy) is 2. The Bertz CT molecular complexity index is 626. The van der Waals surface area contributed by atoms with E-state index in [9.17, 15) is 10.1 Å². The summed E-state index contributed by atoms with van der Waals surface area (Å²) in [5.74, 6) is 1.41.